The first-order valence-corrected chi connectivity index (χ1v) is 6.29. The maximum atomic E-state index is 11.6. The number of ether oxygens (including phenoxy) is 1. The molecule has 0 aromatic heterocycles. The van der Waals surface area contributed by atoms with Crippen LogP contribution in [0.25, 0.3) is 0 Å². The summed E-state index contributed by atoms with van der Waals surface area (Å²) in [4.78, 5) is 22.8. The summed E-state index contributed by atoms with van der Waals surface area (Å²) in [6.07, 6.45) is 0. The maximum absolute atomic E-state index is 11.6. The minimum Gasteiger partial charge on any atom is -0.460 e. The molecule has 0 N–H and O–H groups in total. The molecule has 0 atom stereocenters. The summed E-state index contributed by atoms with van der Waals surface area (Å²) in [6, 6.07) is 2.96. The Kier molecular flexibility index (Phi) is 4.95. The van der Waals surface area contributed by atoms with Crippen molar-refractivity contribution in [2.45, 2.75) is 6.92 Å². The van der Waals surface area contributed by atoms with E-state index in [9.17, 15) is 9.59 Å². The smallest absolute Gasteiger partial charge is 0.379 e. The molecule has 0 amide bonds. The molecule has 1 rings (SSSR count). The second kappa shape index (κ2) is 5.80. The number of halogens is 3. The molecule has 0 fully saturated rings. The molecule has 0 spiro atoms. The van der Waals surface area contributed by atoms with E-state index in [-0.39, 0.29) is 12.2 Å². The quantitative estimate of drug-likeness (QED) is 0.353. The monoisotopic (exact) mass is 368 g/mol. The van der Waals surface area contributed by atoms with Gasteiger partial charge < -0.3 is 4.74 Å². The molecule has 6 heteroatoms. The Morgan fingerprint density at radius 1 is 1.31 bits per heavy atom. The second-order valence-electron chi connectivity index (χ2n) is 2.80. The van der Waals surface area contributed by atoms with E-state index in [0.29, 0.717) is 14.0 Å². The van der Waals surface area contributed by atoms with Crippen molar-refractivity contribution in [3.05, 3.63) is 31.7 Å². The van der Waals surface area contributed by atoms with Gasteiger partial charge in [-0.3, -0.25) is 4.79 Å². The average Bonchev–Trinajstić information content (AvgIpc) is 2.24. The number of esters is 1. The van der Waals surface area contributed by atoms with Crippen LogP contribution in [0.1, 0.15) is 17.3 Å². The second-order valence-corrected chi connectivity index (χ2v) is 4.89. The van der Waals surface area contributed by atoms with Crippen LogP contribution in [0.2, 0.25) is 5.02 Å². The van der Waals surface area contributed by atoms with Gasteiger partial charge in [0.15, 0.2) is 0 Å². The molecule has 0 saturated carbocycles. The van der Waals surface area contributed by atoms with E-state index >= 15 is 0 Å². The SMILES string of the molecule is CCOC(=O)C(=O)c1cc(Br)c(Cl)c(Br)c1. The number of ketones is 1. The highest BCUT2D eigenvalue weighted by Gasteiger charge is 2.19. The first kappa shape index (κ1) is 13.7. The van der Waals surface area contributed by atoms with Gasteiger partial charge in [-0.1, -0.05) is 11.6 Å². The molecule has 86 valence electrons. The standard InChI is InChI=1S/C10H7Br2ClO3/c1-2-16-10(15)9(14)5-3-6(11)8(13)7(12)4-5/h3-4H,2H2,1H3. The fourth-order valence-electron chi connectivity index (χ4n) is 1.00. The van der Waals surface area contributed by atoms with Crippen molar-refractivity contribution in [3.63, 3.8) is 0 Å². The van der Waals surface area contributed by atoms with E-state index in [1.54, 1.807) is 6.92 Å². The molecule has 0 saturated heterocycles. The minimum absolute atomic E-state index is 0.167. The number of hydrogen-bond acceptors (Lipinski definition) is 3. The van der Waals surface area contributed by atoms with Gasteiger partial charge in [-0.25, -0.2) is 4.79 Å². The van der Waals surface area contributed by atoms with Gasteiger partial charge in [0, 0.05) is 14.5 Å². The molecular formula is C10H7Br2ClO3. The van der Waals surface area contributed by atoms with E-state index in [1.807, 2.05) is 0 Å². The lowest BCUT2D eigenvalue weighted by Gasteiger charge is -2.04. The number of carbonyl (C=O) groups excluding carboxylic acids is 2. The summed E-state index contributed by atoms with van der Waals surface area (Å²) in [7, 11) is 0. The van der Waals surface area contributed by atoms with Crippen molar-refractivity contribution >= 4 is 55.2 Å². The molecule has 0 unspecified atom stereocenters. The Morgan fingerprint density at radius 3 is 2.25 bits per heavy atom. The lowest BCUT2D eigenvalue weighted by atomic mass is 10.1. The third-order valence-electron chi connectivity index (χ3n) is 1.71. The fourth-order valence-corrected chi connectivity index (χ4v) is 2.30. The van der Waals surface area contributed by atoms with Crippen LogP contribution in [-0.4, -0.2) is 18.4 Å². The third-order valence-corrected chi connectivity index (χ3v) is 3.82. The van der Waals surface area contributed by atoms with Crippen LogP contribution in [0, 0.1) is 0 Å². The molecule has 0 aliphatic rings. The zero-order valence-electron chi connectivity index (χ0n) is 8.22. The molecule has 0 radical (unpaired) electrons. The number of hydrogen-bond donors (Lipinski definition) is 0. The van der Waals surface area contributed by atoms with Crippen LogP contribution in [0.3, 0.4) is 0 Å². The van der Waals surface area contributed by atoms with Crippen molar-refractivity contribution in [2.24, 2.45) is 0 Å². The van der Waals surface area contributed by atoms with Crippen LogP contribution < -0.4 is 0 Å². The Hall–Kier alpha value is -0.390. The summed E-state index contributed by atoms with van der Waals surface area (Å²) in [5.74, 6) is -1.57. The summed E-state index contributed by atoms with van der Waals surface area (Å²) >= 11 is 12.2. The van der Waals surface area contributed by atoms with Gasteiger partial charge in [-0.15, -0.1) is 0 Å². The molecule has 1 aromatic carbocycles. The topological polar surface area (TPSA) is 43.4 Å². The number of rotatable bonds is 3. The summed E-state index contributed by atoms with van der Waals surface area (Å²) in [6.45, 7) is 1.80. The van der Waals surface area contributed by atoms with E-state index < -0.39 is 11.8 Å². The molecule has 1 aromatic rings. The maximum Gasteiger partial charge on any atom is 0.379 e. The van der Waals surface area contributed by atoms with Crippen molar-refractivity contribution in [2.75, 3.05) is 6.61 Å². The predicted molar refractivity (Wildman–Crippen MR) is 67.8 cm³/mol. The van der Waals surface area contributed by atoms with Gasteiger partial charge >= 0.3 is 5.97 Å². The molecular weight excluding hydrogens is 363 g/mol. The Morgan fingerprint density at radius 2 is 1.81 bits per heavy atom. The van der Waals surface area contributed by atoms with Crippen LogP contribution >= 0.6 is 43.5 Å². The molecule has 3 nitrogen and oxygen atoms in total. The number of Topliss-reactive ketones (excluding diaryl/α,β-unsaturated/α-hetero) is 1. The van der Waals surface area contributed by atoms with Crippen LogP contribution in [0.4, 0.5) is 0 Å². The average molecular weight is 370 g/mol. The predicted octanol–water partition coefficient (Wildman–Crippen LogP) is 3.61. The zero-order chi connectivity index (χ0) is 12.3. The third kappa shape index (κ3) is 3.06. The number of carbonyl (C=O) groups is 2. The molecule has 0 bridgehead atoms. The van der Waals surface area contributed by atoms with Crippen LogP contribution in [0.15, 0.2) is 21.1 Å². The summed E-state index contributed by atoms with van der Waals surface area (Å²) in [5.41, 5.74) is 0.224. The molecule has 0 heterocycles. The summed E-state index contributed by atoms with van der Waals surface area (Å²) in [5, 5.41) is 0.445. The van der Waals surface area contributed by atoms with Crippen molar-refractivity contribution < 1.29 is 14.3 Å². The molecule has 16 heavy (non-hydrogen) atoms. The van der Waals surface area contributed by atoms with Gasteiger partial charge in [0.25, 0.3) is 5.78 Å². The van der Waals surface area contributed by atoms with Crippen molar-refractivity contribution in [1.82, 2.24) is 0 Å². The van der Waals surface area contributed by atoms with E-state index in [0.717, 1.165) is 0 Å². The Balaban J connectivity index is 3.06. The Labute approximate surface area is 114 Å². The van der Waals surface area contributed by atoms with Gasteiger partial charge in [0.2, 0.25) is 0 Å². The van der Waals surface area contributed by atoms with Gasteiger partial charge in [-0.2, -0.15) is 0 Å². The largest absolute Gasteiger partial charge is 0.460 e. The van der Waals surface area contributed by atoms with Gasteiger partial charge in [-0.05, 0) is 50.9 Å². The van der Waals surface area contributed by atoms with E-state index in [1.165, 1.54) is 12.1 Å². The highest BCUT2D eigenvalue weighted by atomic mass is 79.9. The Bertz CT molecular complexity index is 423. The first-order valence-electron chi connectivity index (χ1n) is 4.33. The lowest BCUT2D eigenvalue weighted by Crippen LogP contribution is -2.17. The van der Waals surface area contributed by atoms with Crippen LogP contribution in [-0.2, 0) is 9.53 Å². The van der Waals surface area contributed by atoms with Crippen LogP contribution in [0.5, 0.6) is 0 Å². The first-order chi connectivity index (χ1) is 7.47. The fraction of sp³-hybridized carbons (Fsp3) is 0.200. The summed E-state index contributed by atoms with van der Waals surface area (Å²) < 4.78 is 5.69. The van der Waals surface area contributed by atoms with E-state index in [2.05, 4.69) is 36.6 Å². The lowest BCUT2D eigenvalue weighted by molar-refractivity contribution is -0.137. The zero-order valence-corrected chi connectivity index (χ0v) is 12.1. The highest BCUT2D eigenvalue weighted by molar-refractivity contribution is 9.11. The van der Waals surface area contributed by atoms with Crippen molar-refractivity contribution in [1.29, 1.82) is 0 Å². The van der Waals surface area contributed by atoms with Gasteiger partial charge in [0.05, 0.1) is 11.6 Å². The van der Waals surface area contributed by atoms with Gasteiger partial charge in [0.1, 0.15) is 0 Å². The van der Waals surface area contributed by atoms with Crippen molar-refractivity contribution in [3.8, 4) is 0 Å². The molecule has 0 aliphatic carbocycles. The normalized spacial score (nSPS) is 10.0. The highest BCUT2D eigenvalue weighted by Crippen LogP contribution is 2.31. The molecule has 0 aliphatic heterocycles. The van der Waals surface area contributed by atoms with E-state index in [4.69, 9.17) is 11.6 Å². The minimum atomic E-state index is -0.872. The number of benzene rings is 1.